The maximum atomic E-state index is 13.0. The van der Waals surface area contributed by atoms with Crippen molar-refractivity contribution in [2.24, 2.45) is 0 Å². The van der Waals surface area contributed by atoms with Gasteiger partial charge in [-0.15, -0.1) is 0 Å². The molecule has 0 unspecified atom stereocenters. The minimum atomic E-state index is -4.88. The molecule has 2 heterocycles. The monoisotopic (exact) mass is 357 g/mol. The minimum Gasteiger partial charge on any atom is -0.454 e. The van der Waals surface area contributed by atoms with Crippen molar-refractivity contribution < 1.29 is 17.9 Å². The van der Waals surface area contributed by atoms with Crippen LogP contribution in [0, 0.1) is 0 Å². The van der Waals surface area contributed by atoms with Crippen molar-refractivity contribution in [3.8, 4) is 11.5 Å². The van der Waals surface area contributed by atoms with Crippen molar-refractivity contribution in [2.75, 3.05) is 0 Å². The standard InChI is InChI=1S/C18H10F3N3O2/c19-18(20,21)15-17(25)24-16-14(23-15)13(8-9-22-16)26-12-7-3-5-10-4-1-2-6-11(10)12/h1-9H,(H,22,24,25). The molecule has 0 bridgehead atoms. The molecular weight excluding hydrogens is 347 g/mol. The fourth-order valence-electron chi connectivity index (χ4n) is 2.64. The maximum absolute atomic E-state index is 13.0. The van der Waals surface area contributed by atoms with Gasteiger partial charge in [0.15, 0.2) is 11.4 Å². The molecule has 0 amide bonds. The van der Waals surface area contributed by atoms with Crippen molar-refractivity contribution in [1.29, 1.82) is 0 Å². The number of hydrogen-bond donors (Lipinski definition) is 1. The average Bonchev–Trinajstić information content (AvgIpc) is 2.61. The molecule has 0 spiro atoms. The van der Waals surface area contributed by atoms with E-state index in [2.05, 4.69) is 15.0 Å². The van der Waals surface area contributed by atoms with Gasteiger partial charge in [0.2, 0.25) is 5.69 Å². The highest BCUT2D eigenvalue weighted by atomic mass is 19.4. The third-order valence-corrected chi connectivity index (χ3v) is 3.80. The molecule has 5 nitrogen and oxygen atoms in total. The molecule has 2 aromatic carbocycles. The van der Waals surface area contributed by atoms with Gasteiger partial charge in [0.05, 0.1) is 0 Å². The first-order valence-corrected chi connectivity index (χ1v) is 7.55. The van der Waals surface area contributed by atoms with Gasteiger partial charge in [0.1, 0.15) is 11.3 Å². The number of halogens is 3. The molecule has 0 aliphatic rings. The third-order valence-electron chi connectivity index (χ3n) is 3.80. The van der Waals surface area contributed by atoms with Gasteiger partial charge >= 0.3 is 6.18 Å². The number of ether oxygens (including phenoxy) is 1. The number of H-pyrrole nitrogens is 1. The Morgan fingerprint density at radius 2 is 1.73 bits per heavy atom. The molecule has 8 heteroatoms. The van der Waals surface area contributed by atoms with Crippen LogP contribution in [0.1, 0.15) is 5.69 Å². The van der Waals surface area contributed by atoms with Crippen LogP contribution in [-0.4, -0.2) is 15.0 Å². The molecule has 0 radical (unpaired) electrons. The molecule has 0 aliphatic heterocycles. The summed E-state index contributed by atoms with van der Waals surface area (Å²) in [5.41, 5.74) is -3.14. The first kappa shape index (κ1) is 16.1. The van der Waals surface area contributed by atoms with E-state index in [1.54, 1.807) is 12.1 Å². The second kappa shape index (κ2) is 5.83. The Bertz CT molecular complexity index is 1180. The summed E-state index contributed by atoms with van der Waals surface area (Å²) in [5, 5.41) is 1.71. The maximum Gasteiger partial charge on any atom is 0.438 e. The van der Waals surface area contributed by atoms with Crippen LogP contribution in [-0.2, 0) is 6.18 Å². The van der Waals surface area contributed by atoms with Crippen LogP contribution in [0.4, 0.5) is 13.2 Å². The third kappa shape index (κ3) is 2.75. The van der Waals surface area contributed by atoms with Gasteiger partial charge in [-0.1, -0.05) is 36.4 Å². The van der Waals surface area contributed by atoms with Crippen LogP contribution in [0.5, 0.6) is 11.5 Å². The van der Waals surface area contributed by atoms with E-state index in [0.717, 1.165) is 10.8 Å². The van der Waals surface area contributed by atoms with E-state index in [4.69, 9.17) is 4.74 Å². The largest absolute Gasteiger partial charge is 0.454 e. The average molecular weight is 357 g/mol. The second-order valence-electron chi connectivity index (χ2n) is 5.50. The Labute approximate surface area is 144 Å². The van der Waals surface area contributed by atoms with Crippen molar-refractivity contribution in [2.45, 2.75) is 6.18 Å². The minimum absolute atomic E-state index is 0.0631. The van der Waals surface area contributed by atoms with Gasteiger partial charge in [-0.2, -0.15) is 13.2 Å². The second-order valence-corrected chi connectivity index (χ2v) is 5.50. The topological polar surface area (TPSA) is 67.9 Å². The molecule has 2 aromatic heterocycles. The number of aromatic amines is 1. The van der Waals surface area contributed by atoms with E-state index in [9.17, 15) is 18.0 Å². The first-order chi connectivity index (χ1) is 12.4. The quantitative estimate of drug-likeness (QED) is 0.581. The van der Waals surface area contributed by atoms with Gasteiger partial charge in [0.25, 0.3) is 5.56 Å². The fraction of sp³-hybridized carbons (Fsp3) is 0.0556. The highest BCUT2D eigenvalue weighted by molar-refractivity contribution is 5.89. The molecule has 0 fully saturated rings. The van der Waals surface area contributed by atoms with Crippen molar-refractivity contribution in [1.82, 2.24) is 15.0 Å². The summed E-state index contributed by atoms with van der Waals surface area (Å²) in [6.07, 6.45) is -3.55. The lowest BCUT2D eigenvalue weighted by Crippen LogP contribution is -2.24. The van der Waals surface area contributed by atoms with E-state index in [1.165, 1.54) is 12.3 Å². The number of nitrogens with one attached hydrogen (secondary N) is 1. The Hall–Kier alpha value is -3.42. The predicted molar refractivity (Wildman–Crippen MR) is 89.2 cm³/mol. The van der Waals surface area contributed by atoms with Crippen molar-refractivity contribution in [3.05, 3.63) is 70.8 Å². The van der Waals surface area contributed by atoms with E-state index in [0.29, 0.717) is 5.75 Å². The lowest BCUT2D eigenvalue weighted by Gasteiger charge is -2.11. The molecular formula is C18H10F3N3O2. The van der Waals surface area contributed by atoms with E-state index >= 15 is 0 Å². The van der Waals surface area contributed by atoms with Gasteiger partial charge in [0, 0.05) is 17.6 Å². The summed E-state index contributed by atoms with van der Waals surface area (Å²) in [7, 11) is 0. The van der Waals surface area contributed by atoms with Crippen LogP contribution < -0.4 is 10.3 Å². The Kier molecular flexibility index (Phi) is 3.61. The zero-order valence-electron chi connectivity index (χ0n) is 13.0. The lowest BCUT2D eigenvalue weighted by molar-refractivity contribution is -0.142. The van der Waals surface area contributed by atoms with Gasteiger partial charge in [-0.25, -0.2) is 9.97 Å². The molecule has 26 heavy (non-hydrogen) atoms. The Balaban J connectivity index is 1.90. The normalized spacial score (nSPS) is 11.8. The summed E-state index contributed by atoms with van der Waals surface area (Å²) in [6, 6.07) is 14.2. The first-order valence-electron chi connectivity index (χ1n) is 7.55. The van der Waals surface area contributed by atoms with Crippen LogP contribution in [0.15, 0.2) is 59.5 Å². The molecule has 4 aromatic rings. The Morgan fingerprint density at radius 1 is 0.962 bits per heavy atom. The zero-order valence-corrected chi connectivity index (χ0v) is 13.0. The molecule has 1 N–H and O–H groups in total. The smallest absolute Gasteiger partial charge is 0.438 e. The number of hydrogen-bond acceptors (Lipinski definition) is 4. The van der Waals surface area contributed by atoms with Gasteiger partial charge in [-0.3, -0.25) is 4.79 Å². The van der Waals surface area contributed by atoms with Crippen LogP contribution >= 0.6 is 0 Å². The number of fused-ring (bicyclic) bond motifs is 2. The van der Waals surface area contributed by atoms with Crippen molar-refractivity contribution >= 4 is 21.9 Å². The van der Waals surface area contributed by atoms with Crippen molar-refractivity contribution in [3.63, 3.8) is 0 Å². The number of pyridine rings is 1. The number of rotatable bonds is 2. The zero-order chi connectivity index (χ0) is 18.3. The molecule has 0 saturated heterocycles. The van der Waals surface area contributed by atoms with Crippen LogP contribution in [0.3, 0.4) is 0 Å². The summed E-state index contributed by atoms with van der Waals surface area (Å²) < 4.78 is 44.8. The Morgan fingerprint density at radius 3 is 2.54 bits per heavy atom. The van der Waals surface area contributed by atoms with Crippen LogP contribution in [0.25, 0.3) is 21.9 Å². The highest BCUT2D eigenvalue weighted by Gasteiger charge is 2.36. The molecule has 0 aliphatic carbocycles. The highest BCUT2D eigenvalue weighted by Crippen LogP contribution is 2.33. The number of aromatic nitrogens is 3. The van der Waals surface area contributed by atoms with Gasteiger partial charge < -0.3 is 9.72 Å². The number of nitrogens with zero attached hydrogens (tertiary/aromatic N) is 2. The van der Waals surface area contributed by atoms with Crippen LogP contribution in [0.2, 0.25) is 0 Å². The van der Waals surface area contributed by atoms with E-state index < -0.39 is 17.4 Å². The fourth-order valence-corrected chi connectivity index (χ4v) is 2.64. The van der Waals surface area contributed by atoms with E-state index in [1.807, 2.05) is 30.3 Å². The molecule has 4 rings (SSSR count). The summed E-state index contributed by atoms with van der Waals surface area (Å²) in [4.78, 5) is 21.0. The molecule has 0 saturated carbocycles. The van der Waals surface area contributed by atoms with Gasteiger partial charge in [-0.05, 0) is 11.5 Å². The predicted octanol–water partition coefficient (Wildman–Crippen LogP) is 4.28. The summed E-state index contributed by atoms with van der Waals surface area (Å²) in [6.45, 7) is 0. The summed E-state index contributed by atoms with van der Waals surface area (Å²) >= 11 is 0. The van der Waals surface area contributed by atoms with E-state index in [-0.39, 0.29) is 16.9 Å². The SMILES string of the molecule is O=c1[nH]c2nccc(Oc3cccc4ccccc34)c2nc1C(F)(F)F. The number of benzene rings is 2. The molecule has 130 valence electrons. The lowest BCUT2D eigenvalue weighted by atomic mass is 10.1. The summed E-state index contributed by atoms with van der Waals surface area (Å²) in [5.74, 6) is 0.519. The molecule has 0 atom stereocenters. The number of alkyl halides is 3.